The minimum absolute atomic E-state index is 0.197. The Labute approximate surface area is 138 Å². The molecule has 0 bridgehead atoms. The predicted octanol–water partition coefficient (Wildman–Crippen LogP) is 1.40. The molecule has 0 radical (unpaired) electrons. The standard InChI is InChI=1S/C16H30N2O5/c1-15(2,3)23-14(22)18-8-6-16(7-9-18,13(20)21)10-12(19)11-17(4)5/h12,19H,6-11H2,1-5H3,(H,20,21). The molecular weight excluding hydrogens is 300 g/mol. The Hall–Kier alpha value is -1.34. The van der Waals surface area contributed by atoms with Gasteiger partial charge in [-0.05, 0) is 54.1 Å². The molecule has 0 saturated carbocycles. The van der Waals surface area contributed by atoms with Gasteiger partial charge in [0.1, 0.15) is 5.60 Å². The average Bonchev–Trinajstić information content (AvgIpc) is 2.35. The molecule has 0 aromatic rings. The monoisotopic (exact) mass is 330 g/mol. The third-order valence-electron chi connectivity index (χ3n) is 4.03. The molecule has 1 aliphatic rings. The third kappa shape index (κ3) is 5.99. The Kier molecular flexibility index (Phi) is 6.41. The molecule has 0 aromatic carbocycles. The zero-order chi connectivity index (χ0) is 17.8. The van der Waals surface area contributed by atoms with Gasteiger partial charge in [-0.2, -0.15) is 0 Å². The van der Waals surface area contributed by atoms with Crippen molar-refractivity contribution >= 4 is 12.1 Å². The second-order valence-corrected chi connectivity index (χ2v) is 7.67. The number of likely N-dealkylation sites (N-methyl/N-ethyl adjacent to an activating group) is 1. The van der Waals surface area contributed by atoms with Gasteiger partial charge < -0.3 is 24.7 Å². The molecule has 134 valence electrons. The summed E-state index contributed by atoms with van der Waals surface area (Å²) in [7, 11) is 3.67. The van der Waals surface area contributed by atoms with Gasteiger partial charge in [0.25, 0.3) is 0 Å². The number of carboxylic acid groups (broad SMARTS) is 1. The number of rotatable bonds is 5. The number of aliphatic carboxylic acids is 1. The van der Waals surface area contributed by atoms with Gasteiger partial charge >= 0.3 is 12.1 Å². The molecule has 7 heteroatoms. The van der Waals surface area contributed by atoms with Gasteiger partial charge in [0.2, 0.25) is 0 Å². The molecule has 1 amide bonds. The topological polar surface area (TPSA) is 90.3 Å². The van der Waals surface area contributed by atoms with E-state index in [0.29, 0.717) is 32.5 Å². The van der Waals surface area contributed by atoms with E-state index >= 15 is 0 Å². The summed E-state index contributed by atoms with van der Waals surface area (Å²) in [6, 6.07) is 0. The Morgan fingerprint density at radius 1 is 1.26 bits per heavy atom. The highest BCUT2D eigenvalue weighted by atomic mass is 16.6. The van der Waals surface area contributed by atoms with E-state index in [-0.39, 0.29) is 6.42 Å². The average molecular weight is 330 g/mol. The SMILES string of the molecule is CN(C)CC(O)CC1(C(=O)O)CCN(C(=O)OC(C)(C)C)CC1. The lowest BCUT2D eigenvalue weighted by molar-refractivity contribution is -0.154. The first-order chi connectivity index (χ1) is 10.4. The largest absolute Gasteiger partial charge is 0.481 e. The third-order valence-corrected chi connectivity index (χ3v) is 4.03. The molecule has 0 spiro atoms. The van der Waals surface area contributed by atoms with Crippen molar-refractivity contribution in [3.8, 4) is 0 Å². The number of piperidine rings is 1. The highest BCUT2D eigenvalue weighted by Gasteiger charge is 2.44. The summed E-state index contributed by atoms with van der Waals surface area (Å²) in [6.07, 6.45) is -0.264. The normalized spacial score (nSPS) is 19.5. The lowest BCUT2D eigenvalue weighted by Gasteiger charge is -2.40. The number of amides is 1. The van der Waals surface area contributed by atoms with Crippen LogP contribution in [-0.2, 0) is 9.53 Å². The van der Waals surface area contributed by atoms with Crippen LogP contribution in [0.1, 0.15) is 40.0 Å². The Morgan fingerprint density at radius 3 is 2.17 bits per heavy atom. The van der Waals surface area contributed by atoms with Crippen LogP contribution in [0.25, 0.3) is 0 Å². The molecule has 23 heavy (non-hydrogen) atoms. The van der Waals surface area contributed by atoms with Crippen LogP contribution in [-0.4, -0.2) is 77.5 Å². The van der Waals surface area contributed by atoms with Crippen molar-refractivity contribution in [1.29, 1.82) is 0 Å². The molecule has 1 saturated heterocycles. The summed E-state index contributed by atoms with van der Waals surface area (Å²) in [4.78, 5) is 27.2. The summed E-state index contributed by atoms with van der Waals surface area (Å²) in [5.41, 5.74) is -1.55. The van der Waals surface area contributed by atoms with E-state index in [1.807, 2.05) is 19.0 Å². The maximum Gasteiger partial charge on any atom is 0.410 e. The van der Waals surface area contributed by atoms with Gasteiger partial charge in [-0.25, -0.2) is 4.79 Å². The van der Waals surface area contributed by atoms with Crippen molar-refractivity contribution < 1.29 is 24.5 Å². The van der Waals surface area contributed by atoms with Crippen LogP contribution in [0.15, 0.2) is 0 Å². The van der Waals surface area contributed by atoms with Gasteiger partial charge in [0.15, 0.2) is 0 Å². The summed E-state index contributed by atoms with van der Waals surface area (Å²) < 4.78 is 5.32. The van der Waals surface area contributed by atoms with E-state index in [9.17, 15) is 19.8 Å². The van der Waals surface area contributed by atoms with E-state index < -0.39 is 29.2 Å². The van der Waals surface area contributed by atoms with Crippen LogP contribution in [0.5, 0.6) is 0 Å². The summed E-state index contributed by atoms with van der Waals surface area (Å²) in [5, 5.41) is 19.7. The van der Waals surface area contributed by atoms with Gasteiger partial charge in [0, 0.05) is 19.6 Å². The molecule has 1 unspecified atom stereocenters. The van der Waals surface area contributed by atoms with E-state index in [4.69, 9.17) is 4.74 Å². The molecule has 1 atom stereocenters. The smallest absolute Gasteiger partial charge is 0.410 e. The first kappa shape index (κ1) is 19.7. The number of carbonyl (C=O) groups excluding carboxylic acids is 1. The van der Waals surface area contributed by atoms with Crippen LogP contribution in [0.4, 0.5) is 4.79 Å². The van der Waals surface area contributed by atoms with Gasteiger partial charge in [-0.15, -0.1) is 0 Å². The fraction of sp³-hybridized carbons (Fsp3) is 0.875. The minimum Gasteiger partial charge on any atom is -0.481 e. The van der Waals surface area contributed by atoms with Crippen molar-refractivity contribution in [2.45, 2.75) is 51.7 Å². The summed E-state index contributed by atoms with van der Waals surface area (Å²) in [5.74, 6) is -0.904. The number of carbonyl (C=O) groups is 2. The van der Waals surface area contributed by atoms with Crippen LogP contribution in [0, 0.1) is 5.41 Å². The zero-order valence-corrected chi connectivity index (χ0v) is 14.8. The van der Waals surface area contributed by atoms with Crippen molar-refractivity contribution in [3.05, 3.63) is 0 Å². The van der Waals surface area contributed by atoms with Crippen LogP contribution in [0.2, 0.25) is 0 Å². The molecule has 1 aliphatic heterocycles. The number of hydrogen-bond acceptors (Lipinski definition) is 5. The number of ether oxygens (including phenoxy) is 1. The maximum atomic E-state index is 12.1. The number of nitrogens with zero attached hydrogens (tertiary/aromatic N) is 2. The first-order valence-electron chi connectivity index (χ1n) is 7.99. The van der Waals surface area contributed by atoms with Gasteiger partial charge in [-0.1, -0.05) is 0 Å². The highest BCUT2D eigenvalue weighted by Crippen LogP contribution is 2.37. The van der Waals surface area contributed by atoms with Crippen molar-refractivity contribution in [1.82, 2.24) is 9.80 Å². The van der Waals surface area contributed by atoms with E-state index in [2.05, 4.69) is 0 Å². The molecule has 2 N–H and O–H groups in total. The zero-order valence-electron chi connectivity index (χ0n) is 14.8. The fourth-order valence-corrected chi connectivity index (χ4v) is 2.89. The predicted molar refractivity (Wildman–Crippen MR) is 86.3 cm³/mol. The van der Waals surface area contributed by atoms with Crippen LogP contribution < -0.4 is 0 Å². The number of aliphatic hydroxyl groups is 1. The summed E-state index contributed by atoms with van der Waals surface area (Å²) >= 11 is 0. The van der Waals surface area contributed by atoms with Crippen molar-refractivity contribution in [2.24, 2.45) is 5.41 Å². The molecule has 0 aromatic heterocycles. The number of likely N-dealkylation sites (tertiary alicyclic amines) is 1. The maximum absolute atomic E-state index is 12.1. The molecular formula is C16H30N2O5. The summed E-state index contributed by atoms with van der Waals surface area (Å²) in [6.45, 7) is 6.48. The van der Waals surface area contributed by atoms with Crippen LogP contribution >= 0.6 is 0 Å². The molecule has 0 aliphatic carbocycles. The van der Waals surface area contributed by atoms with Crippen LogP contribution in [0.3, 0.4) is 0 Å². The Morgan fingerprint density at radius 2 is 1.78 bits per heavy atom. The minimum atomic E-state index is -0.978. The first-order valence-corrected chi connectivity index (χ1v) is 7.99. The highest BCUT2D eigenvalue weighted by molar-refractivity contribution is 5.75. The van der Waals surface area contributed by atoms with Gasteiger partial charge in [-0.3, -0.25) is 4.79 Å². The number of hydrogen-bond donors (Lipinski definition) is 2. The van der Waals surface area contributed by atoms with Crippen molar-refractivity contribution in [2.75, 3.05) is 33.7 Å². The second kappa shape index (κ2) is 7.49. The van der Waals surface area contributed by atoms with E-state index in [1.165, 1.54) is 0 Å². The lowest BCUT2D eigenvalue weighted by atomic mass is 9.74. The fourth-order valence-electron chi connectivity index (χ4n) is 2.89. The number of carboxylic acids is 1. The Balaban J connectivity index is 2.67. The Bertz CT molecular complexity index is 423. The molecule has 7 nitrogen and oxygen atoms in total. The molecule has 1 fully saturated rings. The quantitative estimate of drug-likeness (QED) is 0.792. The molecule has 1 heterocycles. The van der Waals surface area contributed by atoms with Gasteiger partial charge in [0.05, 0.1) is 11.5 Å². The second-order valence-electron chi connectivity index (χ2n) is 7.67. The van der Waals surface area contributed by atoms with Crippen molar-refractivity contribution in [3.63, 3.8) is 0 Å². The number of aliphatic hydroxyl groups excluding tert-OH is 1. The molecule has 1 rings (SSSR count). The lowest BCUT2D eigenvalue weighted by Crippen LogP contribution is -2.49. The van der Waals surface area contributed by atoms with E-state index in [0.717, 1.165) is 0 Å². The van der Waals surface area contributed by atoms with E-state index in [1.54, 1.807) is 25.7 Å².